The Morgan fingerprint density at radius 2 is 2.00 bits per heavy atom. The molecule has 0 aliphatic carbocycles. The molecule has 0 radical (unpaired) electrons. The normalized spacial score (nSPS) is 16.8. The first-order valence-electron chi connectivity index (χ1n) is 8.06. The van der Waals surface area contributed by atoms with Crippen molar-refractivity contribution < 1.29 is 14.7 Å². The second-order valence-corrected chi connectivity index (χ2v) is 8.32. The van der Waals surface area contributed by atoms with E-state index in [-0.39, 0.29) is 5.91 Å². The van der Waals surface area contributed by atoms with Gasteiger partial charge in [-0.2, -0.15) is 11.8 Å². The van der Waals surface area contributed by atoms with Gasteiger partial charge in [-0.3, -0.25) is 4.79 Å². The van der Waals surface area contributed by atoms with Gasteiger partial charge in [0.25, 0.3) is 0 Å². The molecule has 1 aromatic carbocycles. The van der Waals surface area contributed by atoms with E-state index in [1.807, 2.05) is 24.3 Å². The minimum absolute atomic E-state index is 0.176. The number of thioether (sulfide) groups is 1. The number of hydrogen-bond acceptors (Lipinski definition) is 5. The fourth-order valence-corrected chi connectivity index (χ4v) is 5.07. The Morgan fingerprint density at radius 1 is 1.25 bits per heavy atom. The van der Waals surface area contributed by atoms with E-state index < -0.39 is 11.5 Å². The topological polar surface area (TPSA) is 79.3 Å². The molecule has 24 heavy (non-hydrogen) atoms. The summed E-state index contributed by atoms with van der Waals surface area (Å²) in [7, 11) is 0. The van der Waals surface area contributed by atoms with Crippen molar-refractivity contribution in [3.63, 3.8) is 0 Å². The van der Waals surface area contributed by atoms with Crippen LogP contribution in [0.3, 0.4) is 0 Å². The van der Waals surface area contributed by atoms with Crippen molar-refractivity contribution in [1.29, 1.82) is 0 Å². The van der Waals surface area contributed by atoms with Crippen LogP contribution in [0.5, 0.6) is 0 Å². The van der Waals surface area contributed by atoms with Gasteiger partial charge >= 0.3 is 5.97 Å². The molecule has 1 saturated heterocycles. The molecule has 1 aromatic heterocycles. The summed E-state index contributed by atoms with van der Waals surface area (Å²) in [6, 6.07) is 7.99. The molecule has 0 saturated carbocycles. The number of carboxylic acids is 1. The monoisotopic (exact) mass is 364 g/mol. The summed E-state index contributed by atoms with van der Waals surface area (Å²) in [4.78, 5) is 28.3. The van der Waals surface area contributed by atoms with Gasteiger partial charge in [-0.15, -0.1) is 11.3 Å². The number of carbonyl (C=O) groups is 2. The van der Waals surface area contributed by atoms with Crippen LogP contribution in [0.1, 0.15) is 30.7 Å². The van der Waals surface area contributed by atoms with E-state index in [0.717, 1.165) is 33.2 Å². The number of para-hydroxylation sites is 1. The zero-order valence-electron chi connectivity index (χ0n) is 13.3. The molecule has 2 aromatic rings. The van der Waals surface area contributed by atoms with E-state index in [2.05, 4.69) is 10.3 Å². The van der Waals surface area contributed by atoms with E-state index in [1.54, 1.807) is 23.1 Å². The Labute approximate surface area is 148 Å². The number of amides is 1. The highest BCUT2D eigenvalue weighted by atomic mass is 32.2. The van der Waals surface area contributed by atoms with E-state index in [0.29, 0.717) is 25.7 Å². The van der Waals surface area contributed by atoms with Gasteiger partial charge < -0.3 is 10.4 Å². The van der Waals surface area contributed by atoms with Crippen molar-refractivity contribution in [2.24, 2.45) is 0 Å². The number of rotatable bonds is 6. The molecule has 0 atom stereocenters. The number of fused-ring (bicyclic) bond motifs is 1. The van der Waals surface area contributed by atoms with E-state index in [4.69, 9.17) is 0 Å². The van der Waals surface area contributed by atoms with Gasteiger partial charge in [0.2, 0.25) is 5.91 Å². The first-order valence-corrected chi connectivity index (χ1v) is 10.0. The highest BCUT2D eigenvalue weighted by Crippen LogP contribution is 2.28. The number of nitrogens with one attached hydrogen (secondary N) is 1. The lowest BCUT2D eigenvalue weighted by Gasteiger charge is -2.33. The number of aromatic nitrogens is 1. The molecule has 3 rings (SSSR count). The van der Waals surface area contributed by atoms with Gasteiger partial charge in [0.1, 0.15) is 5.54 Å². The minimum atomic E-state index is -1.07. The van der Waals surface area contributed by atoms with Crippen LogP contribution in [-0.2, 0) is 16.0 Å². The second-order valence-electron chi connectivity index (χ2n) is 5.98. The Bertz CT molecular complexity index is 705. The number of carbonyl (C=O) groups excluding carboxylic acids is 1. The third kappa shape index (κ3) is 3.89. The zero-order chi connectivity index (χ0) is 17.0. The molecule has 7 heteroatoms. The smallest absolute Gasteiger partial charge is 0.329 e. The number of benzene rings is 1. The number of nitrogens with zero attached hydrogens (tertiary/aromatic N) is 1. The summed E-state index contributed by atoms with van der Waals surface area (Å²) in [6.45, 7) is 0. The van der Waals surface area contributed by atoms with Crippen LogP contribution < -0.4 is 5.32 Å². The zero-order valence-corrected chi connectivity index (χ0v) is 14.9. The molecule has 128 valence electrons. The lowest BCUT2D eigenvalue weighted by molar-refractivity contribution is -0.148. The maximum absolute atomic E-state index is 12.2. The number of aryl methyl sites for hydroxylation is 1. The average Bonchev–Trinajstić information content (AvgIpc) is 2.98. The summed E-state index contributed by atoms with van der Waals surface area (Å²) < 4.78 is 1.15. The van der Waals surface area contributed by atoms with Crippen molar-refractivity contribution >= 4 is 45.2 Å². The second kappa shape index (κ2) is 7.53. The van der Waals surface area contributed by atoms with Crippen LogP contribution in [0.15, 0.2) is 24.3 Å². The number of hydrogen-bond donors (Lipinski definition) is 2. The standard InChI is InChI=1S/C17H20N2O3S2/c20-14(19-17(16(21)22)8-10-23-11-9-17)6-3-7-15-18-12-4-1-2-5-13(12)24-15/h1-2,4-5H,3,6-11H2,(H,19,20)(H,21,22). The van der Waals surface area contributed by atoms with Crippen molar-refractivity contribution in [2.75, 3.05) is 11.5 Å². The summed E-state index contributed by atoms with van der Waals surface area (Å²) in [6.07, 6.45) is 2.74. The summed E-state index contributed by atoms with van der Waals surface area (Å²) in [5.41, 5.74) is -0.0791. The quantitative estimate of drug-likeness (QED) is 0.823. The van der Waals surface area contributed by atoms with Crippen molar-refractivity contribution in [3.05, 3.63) is 29.3 Å². The fraction of sp³-hybridized carbons (Fsp3) is 0.471. The van der Waals surface area contributed by atoms with Gasteiger partial charge in [-0.1, -0.05) is 12.1 Å². The molecular weight excluding hydrogens is 344 g/mol. The SMILES string of the molecule is O=C(CCCc1nc2ccccc2s1)NC1(C(=O)O)CCSCC1. The highest BCUT2D eigenvalue weighted by molar-refractivity contribution is 7.99. The van der Waals surface area contributed by atoms with Crippen LogP contribution >= 0.6 is 23.1 Å². The van der Waals surface area contributed by atoms with Gasteiger partial charge in [-0.25, -0.2) is 9.78 Å². The maximum Gasteiger partial charge on any atom is 0.329 e. The molecule has 1 aliphatic heterocycles. The van der Waals surface area contributed by atoms with Gasteiger partial charge in [-0.05, 0) is 49.3 Å². The molecular formula is C17H20N2O3S2. The highest BCUT2D eigenvalue weighted by Gasteiger charge is 2.41. The van der Waals surface area contributed by atoms with E-state index in [9.17, 15) is 14.7 Å². The predicted molar refractivity (Wildman–Crippen MR) is 97.6 cm³/mol. The third-order valence-corrected chi connectivity index (χ3v) is 6.35. The van der Waals surface area contributed by atoms with Crippen molar-refractivity contribution in [1.82, 2.24) is 10.3 Å². The van der Waals surface area contributed by atoms with Crippen LogP contribution in [0.25, 0.3) is 10.2 Å². The van der Waals surface area contributed by atoms with Crippen molar-refractivity contribution in [3.8, 4) is 0 Å². The van der Waals surface area contributed by atoms with Crippen LogP contribution in [0.2, 0.25) is 0 Å². The Kier molecular flexibility index (Phi) is 5.40. The largest absolute Gasteiger partial charge is 0.480 e. The van der Waals surface area contributed by atoms with Gasteiger partial charge in [0, 0.05) is 6.42 Å². The molecule has 0 bridgehead atoms. The van der Waals surface area contributed by atoms with Crippen LogP contribution in [0.4, 0.5) is 0 Å². The molecule has 0 unspecified atom stereocenters. The number of aliphatic carboxylic acids is 1. The molecule has 2 heterocycles. The van der Waals surface area contributed by atoms with Crippen LogP contribution in [0, 0.1) is 0 Å². The lowest BCUT2D eigenvalue weighted by atomic mass is 9.92. The third-order valence-electron chi connectivity index (χ3n) is 4.27. The number of thiazole rings is 1. The van der Waals surface area contributed by atoms with Gasteiger partial charge in [0.05, 0.1) is 15.2 Å². The molecule has 1 amide bonds. The first-order chi connectivity index (χ1) is 11.6. The van der Waals surface area contributed by atoms with E-state index >= 15 is 0 Å². The fourth-order valence-electron chi connectivity index (χ4n) is 2.87. The lowest BCUT2D eigenvalue weighted by Crippen LogP contribution is -2.56. The number of carboxylic acid groups (broad SMARTS) is 1. The average molecular weight is 364 g/mol. The molecule has 2 N–H and O–H groups in total. The molecule has 5 nitrogen and oxygen atoms in total. The summed E-state index contributed by atoms with van der Waals surface area (Å²) in [5, 5.41) is 13.3. The summed E-state index contributed by atoms with van der Waals surface area (Å²) >= 11 is 3.39. The Hall–Kier alpha value is -1.60. The Morgan fingerprint density at radius 3 is 2.71 bits per heavy atom. The van der Waals surface area contributed by atoms with Crippen molar-refractivity contribution in [2.45, 2.75) is 37.6 Å². The summed E-state index contributed by atoms with van der Waals surface area (Å²) in [5.74, 6) is 0.462. The molecule has 1 aliphatic rings. The predicted octanol–water partition coefficient (Wildman–Crippen LogP) is 3.09. The molecule has 1 fully saturated rings. The Balaban J connectivity index is 1.52. The molecule has 0 spiro atoms. The van der Waals surface area contributed by atoms with Gasteiger partial charge in [0.15, 0.2) is 0 Å². The van der Waals surface area contributed by atoms with E-state index in [1.165, 1.54) is 0 Å². The minimum Gasteiger partial charge on any atom is -0.480 e. The first kappa shape index (κ1) is 17.2. The van der Waals surface area contributed by atoms with Crippen LogP contribution in [-0.4, -0.2) is 39.0 Å². The maximum atomic E-state index is 12.2.